The Labute approximate surface area is 106 Å². The van der Waals surface area contributed by atoms with Crippen LogP contribution in [0.3, 0.4) is 0 Å². The molecule has 98 valence electrons. The maximum Gasteiger partial charge on any atom is 0.0120 e. The van der Waals surface area contributed by atoms with E-state index in [4.69, 9.17) is 0 Å². The smallest absolute Gasteiger partial charge is 0.0120 e. The van der Waals surface area contributed by atoms with Gasteiger partial charge in [0, 0.05) is 19.1 Å². The van der Waals surface area contributed by atoms with Gasteiger partial charge >= 0.3 is 0 Å². The highest BCUT2D eigenvalue weighted by molar-refractivity contribution is 4.97. The summed E-state index contributed by atoms with van der Waals surface area (Å²) in [5, 5.41) is 3.56. The largest absolute Gasteiger partial charge is 0.316 e. The van der Waals surface area contributed by atoms with E-state index in [1.165, 1.54) is 71.5 Å². The molecule has 3 aliphatic heterocycles. The molecule has 0 radical (unpaired) electrons. The zero-order chi connectivity index (χ0) is 11.7. The van der Waals surface area contributed by atoms with Gasteiger partial charge in [-0.25, -0.2) is 0 Å². The lowest BCUT2D eigenvalue weighted by atomic mass is 9.86. The third-order valence-corrected chi connectivity index (χ3v) is 5.32. The van der Waals surface area contributed by atoms with Crippen molar-refractivity contribution in [3.05, 3.63) is 0 Å². The molecule has 3 rings (SSSR count). The lowest BCUT2D eigenvalue weighted by molar-refractivity contribution is 0.121. The standard InChI is InChI=1S/C14H27N3/c1-2-16-8-3-13(4-9-16)17-10-6-14(12-17)5-7-15-11-14/h13,15H,2-12H2,1H3. The Balaban J connectivity index is 1.53. The highest BCUT2D eigenvalue weighted by Gasteiger charge is 2.42. The van der Waals surface area contributed by atoms with Gasteiger partial charge < -0.3 is 10.2 Å². The summed E-state index contributed by atoms with van der Waals surface area (Å²) in [6.07, 6.45) is 5.65. The number of likely N-dealkylation sites (tertiary alicyclic amines) is 2. The fraction of sp³-hybridized carbons (Fsp3) is 1.00. The molecule has 17 heavy (non-hydrogen) atoms. The molecule has 3 fully saturated rings. The van der Waals surface area contributed by atoms with Gasteiger partial charge in [0.25, 0.3) is 0 Å². The normalized spacial score (nSPS) is 37.2. The van der Waals surface area contributed by atoms with E-state index >= 15 is 0 Å². The molecule has 0 aliphatic carbocycles. The molecule has 0 bridgehead atoms. The predicted molar refractivity (Wildman–Crippen MR) is 71.2 cm³/mol. The van der Waals surface area contributed by atoms with Crippen molar-refractivity contribution in [2.45, 2.75) is 38.6 Å². The summed E-state index contributed by atoms with van der Waals surface area (Å²) in [7, 11) is 0. The van der Waals surface area contributed by atoms with Crippen LogP contribution in [-0.4, -0.2) is 61.7 Å². The number of nitrogens with zero attached hydrogens (tertiary/aromatic N) is 2. The molecular formula is C14H27N3. The second-order valence-electron chi connectivity index (χ2n) is 6.31. The Morgan fingerprint density at radius 1 is 1.18 bits per heavy atom. The second-order valence-corrected chi connectivity index (χ2v) is 6.31. The summed E-state index contributed by atoms with van der Waals surface area (Å²) < 4.78 is 0. The molecule has 1 atom stereocenters. The minimum Gasteiger partial charge on any atom is -0.316 e. The summed E-state index contributed by atoms with van der Waals surface area (Å²) >= 11 is 0. The van der Waals surface area contributed by atoms with Crippen LogP contribution >= 0.6 is 0 Å². The van der Waals surface area contributed by atoms with E-state index in [-0.39, 0.29) is 0 Å². The summed E-state index contributed by atoms with van der Waals surface area (Å²) in [5.41, 5.74) is 0.655. The Morgan fingerprint density at radius 3 is 2.65 bits per heavy atom. The van der Waals surface area contributed by atoms with E-state index in [1.807, 2.05) is 0 Å². The van der Waals surface area contributed by atoms with E-state index in [9.17, 15) is 0 Å². The van der Waals surface area contributed by atoms with Crippen LogP contribution in [0.4, 0.5) is 0 Å². The van der Waals surface area contributed by atoms with Crippen molar-refractivity contribution < 1.29 is 0 Å². The number of hydrogen-bond acceptors (Lipinski definition) is 3. The zero-order valence-electron chi connectivity index (χ0n) is 11.2. The van der Waals surface area contributed by atoms with Crippen molar-refractivity contribution in [1.82, 2.24) is 15.1 Å². The van der Waals surface area contributed by atoms with Gasteiger partial charge in [-0.05, 0) is 63.8 Å². The molecule has 1 unspecified atom stereocenters. The third kappa shape index (κ3) is 2.38. The van der Waals surface area contributed by atoms with Gasteiger partial charge in [-0.2, -0.15) is 0 Å². The molecule has 3 heterocycles. The first-order valence-corrected chi connectivity index (χ1v) is 7.48. The van der Waals surface area contributed by atoms with Crippen LogP contribution in [0, 0.1) is 5.41 Å². The first-order valence-electron chi connectivity index (χ1n) is 7.48. The average Bonchev–Trinajstić information content (AvgIpc) is 3.01. The molecule has 3 aliphatic rings. The predicted octanol–water partition coefficient (Wildman–Crippen LogP) is 1.16. The Hall–Kier alpha value is -0.120. The van der Waals surface area contributed by atoms with Crippen molar-refractivity contribution in [2.24, 2.45) is 5.41 Å². The number of rotatable bonds is 2. The molecule has 0 amide bonds. The first-order chi connectivity index (χ1) is 8.31. The van der Waals surface area contributed by atoms with E-state index in [2.05, 4.69) is 22.0 Å². The van der Waals surface area contributed by atoms with Gasteiger partial charge in [-0.3, -0.25) is 4.90 Å². The number of hydrogen-bond donors (Lipinski definition) is 1. The number of piperidine rings is 1. The summed E-state index contributed by atoms with van der Waals surface area (Å²) in [4.78, 5) is 5.40. The van der Waals surface area contributed by atoms with Crippen LogP contribution in [0.15, 0.2) is 0 Å². The van der Waals surface area contributed by atoms with Crippen LogP contribution in [0.2, 0.25) is 0 Å². The van der Waals surface area contributed by atoms with Crippen LogP contribution in [-0.2, 0) is 0 Å². The minimum absolute atomic E-state index is 0.655. The van der Waals surface area contributed by atoms with Crippen molar-refractivity contribution in [3.8, 4) is 0 Å². The number of nitrogens with one attached hydrogen (secondary N) is 1. The van der Waals surface area contributed by atoms with E-state index in [0.29, 0.717) is 5.41 Å². The first kappa shape index (κ1) is 11.9. The van der Waals surface area contributed by atoms with Crippen molar-refractivity contribution >= 4 is 0 Å². The van der Waals surface area contributed by atoms with Gasteiger partial charge in [0.1, 0.15) is 0 Å². The molecule has 1 N–H and O–H groups in total. The van der Waals surface area contributed by atoms with Gasteiger partial charge in [0.2, 0.25) is 0 Å². The Morgan fingerprint density at radius 2 is 2.00 bits per heavy atom. The fourth-order valence-electron chi connectivity index (χ4n) is 4.03. The maximum atomic E-state index is 3.56. The van der Waals surface area contributed by atoms with Gasteiger partial charge in [-0.1, -0.05) is 6.92 Å². The molecule has 0 saturated carbocycles. The molecule has 0 aromatic heterocycles. The van der Waals surface area contributed by atoms with Crippen LogP contribution in [0.1, 0.15) is 32.6 Å². The minimum atomic E-state index is 0.655. The van der Waals surface area contributed by atoms with E-state index in [0.717, 1.165) is 6.04 Å². The van der Waals surface area contributed by atoms with Gasteiger partial charge in [-0.15, -0.1) is 0 Å². The van der Waals surface area contributed by atoms with Crippen molar-refractivity contribution in [2.75, 3.05) is 45.8 Å². The second kappa shape index (κ2) is 4.87. The summed E-state index contributed by atoms with van der Waals surface area (Å²) in [6.45, 7) is 11.4. The topological polar surface area (TPSA) is 18.5 Å². The third-order valence-electron chi connectivity index (χ3n) is 5.32. The molecular weight excluding hydrogens is 210 g/mol. The van der Waals surface area contributed by atoms with Crippen LogP contribution in [0.5, 0.6) is 0 Å². The van der Waals surface area contributed by atoms with E-state index < -0.39 is 0 Å². The summed E-state index contributed by atoms with van der Waals surface area (Å²) in [5.74, 6) is 0. The van der Waals surface area contributed by atoms with Crippen LogP contribution < -0.4 is 5.32 Å². The molecule has 1 spiro atoms. The highest BCUT2D eigenvalue weighted by atomic mass is 15.2. The zero-order valence-corrected chi connectivity index (χ0v) is 11.2. The van der Waals surface area contributed by atoms with Crippen molar-refractivity contribution in [3.63, 3.8) is 0 Å². The maximum absolute atomic E-state index is 3.56. The summed E-state index contributed by atoms with van der Waals surface area (Å²) in [6, 6.07) is 0.887. The van der Waals surface area contributed by atoms with Crippen LogP contribution in [0.25, 0.3) is 0 Å². The lowest BCUT2D eigenvalue weighted by Gasteiger charge is -2.37. The molecule has 3 nitrogen and oxygen atoms in total. The molecule has 0 aromatic rings. The van der Waals surface area contributed by atoms with Crippen molar-refractivity contribution in [1.29, 1.82) is 0 Å². The Bertz CT molecular complexity index is 252. The SMILES string of the molecule is CCN1CCC(N2CCC3(CCNC3)C2)CC1. The molecule has 3 heteroatoms. The van der Waals surface area contributed by atoms with E-state index in [1.54, 1.807) is 0 Å². The van der Waals surface area contributed by atoms with Gasteiger partial charge in [0.05, 0.1) is 0 Å². The molecule has 3 saturated heterocycles. The fourth-order valence-corrected chi connectivity index (χ4v) is 4.03. The van der Waals surface area contributed by atoms with Gasteiger partial charge in [0.15, 0.2) is 0 Å². The highest BCUT2D eigenvalue weighted by Crippen LogP contribution is 2.38. The monoisotopic (exact) mass is 237 g/mol. The quantitative estimate of drug-likeness (QED) is 0.777. The molecule has 0 aromatic carbocycles. The average molecular weight is 237 g/mol. The lowest BCUT2D eigenvalue weighted by Crippen LogP contribution is -2.44. The Kier molecular flexibility index (Phi) is 3.42.